The molecule has 14 aromatic rings. The van der Waals surface area contributed by atoms with Crippen molar-refractivity contribution in [2.45, 2.75) is 0 Å². The molecule has 6 aromatic heterocycles. The van der Waals surface area contributed by atoms with Gasteiger partial charge >= 0.3 is 0 Å². The molecule has 6 nitrogen and oxygen atoms in total. The fourth-order valence-electron chi connectivity index (χ4n) is 10.0. The Bertz CT molecular complexity index is 3890. The van der Waals surface area contributed by atoms with Crippen molar-refractivity contribution in [3.63, 3.8) is 0 Å². The number of hydrogen-bond acceptors (Lipinski definition) is 4. The molecule has 0 spiro atoms. The van der Waals surface area contributed by atoms with Crippen LogP contribution in [0.2, 0.25) is 0 Å². The molecule has 0 aliphatic carbocycles. The molecule has 14 rings (SSSR count). The smallest absolute Gasteiger partial charge is 0.145 e. The van der Waals surface area contributed by atoms with Crippen molar-refractivity contribution >= 4 is 86.7 Å². The standard InChI is InChI=1S/2C30H19N3/c1-3-9-23-20(7-1)12-15-28-29(23)25-19-22(26-11-5-6-17-31-26)13-14-27(25)33(28)30-24-10-4-2-8-21(24)16-18-32-30;1-3-9-24-20(6-1)11-14-28-29(24)26-18-22(23-8-5-16-31-19-23)12-13-27(26)33(28)30-25-10-4-2-7-21(25)15-17-32-30/h2*1-19H. The molecule has 0 N–H and O–H groups in total. The van der Waals surface area contributed by atoms with E-state index in [0.29, 0.717) is 0 Å². The normalized spacial score (nSPS) is 11.6. The van der Waals surface area contributed by atoms with Crippen molar-refractivity contribution < 1.29 is 0 Å². The third-order valence-electron chi connectivity index (χ3n) is 13.0. The van der Waals surface area contributed by atoms with Crippen LogP contribution < -0.4 is 0 Å². The summed E-state index contributed by atoms with van der Waals surface area (Å²) >= 11 is 0. The van der Waals surface area contributed by atoms with Crippen LogP contribution >= 0.6 is 0 Å². The summed E-state index contributed by atoms with van der Waals surface area (Å²) in [4.78, 5) is 18.6. The number of pyridine rings is 4. The van der Waals surface area contributed by atoms with E-state index in [9.17, 15) is 0 Å². The predicted octanol–water partition coefficient (Wildman–Crippen LogP) is 15.1. The van der Waals surface area contributed by atoms with Gasteiger partial charge in [0.25, 0.3) is 0 Å². The van der Waals surface area contributed by atoms with E-state index < -0.39 is 0 Å². The number of benzene rings is 8. The van der Waals surface area contributed by atoms with Crippen LogP contribution in [-0.4, -0.2) is 29.1 Å². The summed E-state index contributed by atoms with van der Waals surface area (Å²) in [5, 5.41) is 14.5. The average Bonchev–Trinajstić information content (AvgIpc) is 3.91. The Morgan fingerprint density at radius 1 is 0.288 bits per heavy atom. The van der Waals surface area contributed by atoms with E-state index in [1.54, 1.807) is 0 Å². The molecule has 0 saturated heterocycles. The largest absolute Gasteiger partial charge is 0.293 e. The molecule has 0 radical (unpaired) electrons. The maximum Gasteiger partial charge on any atom is 0.145 e. The van der Waals surface area contributed by atoms with Crippen LogP contribution in [0.25, 0.3) is 121 Å². The predicted molar refractivity (Wildman–Crippen MR) is 274 cm³/mol. The van der Waals surface area contributed by atoms with Gasteiger partial charge in [0.05, 0.1) is 27.8 Å². The maximum atomic E-state index is 4.86. The van der Waals surface area contributed by atoms with Gasteiger partial charge in [0.2, 0.25) is 0 Å². The van der Waals surface area contributed by atoms with Gasteiger partial charge in [0.15, 0.2) is 0 Å². The monoisotopic (exact) mass is 842 g/mol. The molecule has 0 aliphatic heterocycles. The molecule has 0 atom stereocenters. The Hall–Kier alpha value is -9.00. The van der Waals surface area contributed by atoms with Crippen molar-refractivity contribution in [3.8, 4) is 34.0 Å². The third-order valence-corrected chi connectivity index (χ3v) is 13.0. The van der Waals surface area contributed by atoms with Gasteiger partial charge in [-0.2, -0.15) is 0 Å². The van der Waals surface area contributed by atoms with Gasteiger partial charge in [-0.25, -0.2) is 9.97 Å². The third kappa shape index (κ3) is 6.04. The summed E-state index contributed by atoms with van der Waals surface area (Å²) in [6.07, 6.45) is 9.38. The zero-order chi connectivity index (χ0) is 43.6. The highest BCUT2D eigenvalue weighted by Gasteiger charge is 2.20. The summed E-state index contributed by atoms with van der Waals surface area (Å²) < 4.78 is 4.62. The Kier molecular flexibility index (Phi) is 8.74. The second-order valence-corrected chi connectivity index (χ2v) is 16.7. The average molecular weight is 843 g/mol. The topological polar surface area (TPSA) is 61.4 Å². The molecule has 0 amide bonds. The lowest BCUT2D eigenvalue weighted by molar-refractivity contribution is 1.10. The van der Waals surface area contributed by atoms with Gasteiger partial charge in [-0.05, 0) is 105 Å². The SMILES string of the molecule is c1ccc(-c2ccc3c(c2)c2c4ccccc4ccc2n3-c2nccc3ccccc23)nc1.c1cncc(-c2ccc3c(c2)c2c4ccccc4ccc2n3-c2nccc3ccccc23)c1. The molecule has 0 bridgehead atoms. The second kappa shape index (κ2) is 15.4. The minimum Gasteiger partial charge on any atom is -0.293 e. The molecule has 6 heterocycles. The highest BCUT2D eigenvalue weighted by molar-refractivity contribution is 6.23. The summed E-state index contributed by atoms with van der Waals surface area (Å²) in [5.41, 5.74) is 8.98. The van der Waals surface area contributed by atoms with E-state index >= 15 is 0 Å². The Labute approximate surface area is 379 Å². The molecule has 0 fully saturated rings. The van der Waals surface area contributed by atoms with Gasteiger partial charge < -0.3 is 0 Å². The molecular formula is C60H38N6. The fraction of sp³-hybridized carbons (Fsp3) is 0. The second-order valence-electron chi connectivity index (χ2n) is 16.7. The molecule has 308 valence electrons. The van der Waals surface area contributed by atoms with E-state index in [1.165, 1.54) is 53.9 Å². The molecule has 0 aliphatic rings. The van der Waals surface area contributed by atoms with E-state index in [2.05, 4.69) is 201 Å². The van der Waals surface area contributed by atoms with E-state index in [0.717, 1.165) is 66.9 Å². The van der Waals surface area contributed by atoms with E-state index in [1.807, 2.05) is 49.2 Å². The first kappa shape index (κ1) is 37.5. The first-order chi connectivity index (χ1) is 32.8. The zero-order valence-electron chi connectivity index (χ0n) is 35.6. The molecule has 8 aromatic carbocycles. The van der Waals surface area contributed by atoms with E-state index in [-0.39, 0.29) is 0 Å². The maximum absolute atomic E-state index is 4.86. The van der Waals surface area contributed by atoms with Crippen molar-refractivity contribution in [1.82, 2.24) is 29.1 Å². The van der Waals surface area contributed by atoms with Crippen molar-refractivity contribution in [1.29, 1.82) is 0 Å². The summed E-state index contributed by atoms with van der Waals surface area (Å²) in [7, 11) is 0. The van der Waals surface area contributed by atoms with Gasteiger partial charge in [0, 0.05) is 74.4 Å². The number of fused-ring (bicyclic) bond motifs is 12. The Morgan fingerprint density at radius 3 is 1.30 bits per heavy atom. The van der Waals surface area contributed by atoms with Gasteiger partial charge in [-0.1, -0.05) is 133 Å². The van der Waals surface area contributed by atoms with Crippen molar-refractivity contribution in [2.24, 2.45) is 0 Å². The molecule has 6 heteroatoms. The first-order valence-corrected chi connectivity index (χ1v) is 22.2. The lowest BCUT2D eigenvalue weighted by atomic mass is 10.0. The van der Waals surface area contributed by atoms with Gasteiger partial charge in [-0.15, -0.1) is 0 Å². The van der Waals surface area contributed by atoms with Crippen LogP contribution in [0.1, 0.15) is 0 Å². The molecular weight excluding hydrogens is 805 g/mol. The van der Waals surface area contributed by atoms with Crippen LogP contribution in [0.5, 0.6) is 0 Å². The quantitative estimate of drug-likeness (QED) is 0.177. The minimum absolute atomic E-state index is 0.953. The van der Waals surface area contributed by atoms with Gasteiger partial charge in [0.1, 0.15) is 11.6 Å². The van der Waals surface area contributed by atoms with Crippen molar-refractivity contribution in [2.75, 3.05) is 0 Å². The lowest BCUT2D eigenvalue weighted by Gasteiger charge is -2.10. The van der Waals surface area contributed by atoms with Crippen LogP contribution in [0.4, 0.5) is 0 Å². The number of rotatable bonds is 4. The summed E-state index contributed by atoms with van der Waals surface area (Å²) in [6.45, 7) is 0. The zero-order valence-corrected chi connectivity index (χ0v) is 35.6. The molecule has 0 saturated carbocycles. The first-order valence-electron chi connectivity index (χ1n) is 22.2. The van der Waals surface area contributed by atoms with Crippen LogP contribution in [-0.2, 0) is 0 Å². The van der Waals surface area contributed by atoms with Crippen LogP contribution in [0, 0.1) is 0 Å². The summed E-state index contributed by atoms with van der Waals surface area (Å²) in [6, 6.07) is 70.6. The van der Waals surface area contributed by atoms with Gasteiger partial charge in [-0.3, -0.25) is 19.1 Å². The molecule has 0 unspecified atom stereocenters. The highest BCUT2D eigenvalue weighted by Crippen LogP contribution is 2.41. The molecule has 66 heavy (non-hydrogen) atoms. The number of hydrogen-bond donors (Lipinski definition) is 0. The summed E-state index contributed by atoms with van der Waals surface area (Å²) in [5.74, 6) is 1.91. The van der Waals surface area contributed by atoms with Crippen LogP contribution in [0.15, 0.2) is 231 Å². The highest BCUT2D eigenvalue weighted by atomic mass is 15.1. The van der Waals surface area contributed by atoms with Crippen molar-refractivity contribution in [3.05, 3.63) is 231 Å². The number of nitrogens with zero attached hydrogens (tertiary/aromatic N) is 6. The Morgan fingerprint density at radius 2 is 0.773 bits per heavy atom. The number of aromatic nitrogens is 6. The fourth-order valence-corrected chi connectivity index (χ4v) is 10.0. The Balaban J connectivity index is 0.000000132. The van der Waals surface area contributed by atoms with Crippen LogP contribution in [0.3, 0.4) is 0 Å². The van der Waals surface area contributed by atoms with E-state index in [4.69, 9.17) is 9.97 Å². The lowest BCUT2D eigenvalue weighted by Crippen LogP contribution is -1.98. The minimum atomic E-state index is 0.953.